The summed E-state index contributed by atoms with van der Waals surface area (Å²) in [7, 11) is 1.74. The molecule has 1 N–H and O–H groups in total. The standard InChI is InChI=1S/C11H15N3O2.C10H8ClFN4/c1-7-3-9-5-11(4-7,14(9)6-15)10-13-12-8(2)16-10;1-13-9-2-7(8(11)5-14-9)10-15-3-6(12)4-16-10/h6-7,9H,3-5H2,1-2H3;2-5H,1H3,(H,13,14)/t7-,9+,11?;/m0./s1. The molecule has 168 valence electrons. The minimum absolute atomic E-state index is 0.300. The van der Waals surface area contributed by atoms with Gasteiger partial charge in [0.1, 0.15) is 11.4 Å². The molecule has 11 heteroatoms. The van der Waals surface area contributed by atoms with Crippen molar-refractivity contribution in [2.24, 2.45) is 5.92 Å². The van der Waals surface area contributed by atoms with Crippen LogP contribution < -0.4 is 5.32 Å². The Morgan fingerprint density at radius 3 is 2.62 bits per heavy atom. The maximum Gasteiger partial charge on any atom is 0.242 e. The van der Waals surface area contributed by atoms with Crippen LogP contribution in [0.4, 0.5) is 10.2 Å². The van der Waals surface area contributed by atoms with E-state index in [4.69, 9.17) is 16.0 Å². The third-order valence-electron chi connectivity index (χ3n) is 5.83. The molecule has 6 rings (SSSR count). The quantitative estimate of drug-likeness (QED) is 0.589. The van der Waals surface area contributed by atoms with Crippen LogP contribution in [0.5, 0.6) is 0 Å². The number of carbonyl (C=O) groups excluding carboxylic acids is 1. The van der Waals surface area contributed by atoms with E-state index in [2.05, 4.69) is 37.4 Å². The molecule has 1 aliphatic carbocycles. The van der Waals surface area contributed by atoms with Gasteiger partial charge in [0, 0.05) is 38.2 Å². The molecular weight excluding hydrogens is 437 g/mol. The number of anilines is 1. The lowest BCUT2D eigenvalue weighted by Gasteiger charge is -2.60. The van der Waals surface area contributed by atoms with Crippen molar-refractivity contribution in [2.45, 2.75) is 44.7 Å². The lowest BCUT2D eigenvalue weighted by Crippen LogP contribution is -2.67. The number of aryl methyl sites for hydroxylation is 1. The van der Waals surface area contributed by atoms with Gasteiger partial charge in [-0.3, -0.25) is 4.79 Å². The van der Waals surface area contributed by atoms with Gasteiger partial charge in [0.25, 0.3) is 0 Å². The number of halogens is 2. The first kappa shape index (κ1) is 22.1. The summed E-state index contributed by atoms with van der Waals surface area (Å²) in [5.41, 5.74) is 0.312. The average Bonchev–Trinajstić information content (AvgIpc) is 3.22. The number of rotatable bonds is 4. The second-order valence-corrected chi connectivity index (χ2v) is 8.50. The van der Waals surface area contributed by atoms with Crippen molar-refractivity contribution in [1.29, 1.82) is 0 Å². The minimum atomic E-state index is -0.484. The summed E-state index contributed by atoms with van der Waals surface area (Å²) in [5.74, 6) is 2.32. The Hall–Kier alpha value is -3.14. The Kier molecular flexibility index (Phi) is 6.05. The van der Waals surface area contributed by atoms with E-state index in [1.165, 1.54) is 6.20 Å². The summed E-state index contributed by atoms with van der Waals surface area (Å²) >= 11 is 5.96. The molecule has 0 aromatic carbocycles. The fraction of sp³-hybridized carbons (Fsp3) is 0.429. The SMILES string of the molecule is CNc1cc(-c2ncc(F)cn2)c(Cl)cn1.Cc1nnc(C23C[C@@H](C)C[C@H](C2)N3C=O)o1. The molecular formula is C21H23ClFN7O2. The van der Waals surface area contributed by atoms with Crippen molar-refractivity contribution in [3.05, 3.63) is 47.3 Å². The number of piperidine rings is 1. The number of fused-ring (bicyclic) bond motifs is 2. The van der Waals surface area contributed by atoms with Gasteiger partial charge in [-0.2, -0.15) is 0 Å². The Labute approximate surface area is 189 Å². The molecule has 2 bridgehead atoms. The number of amides is 1. The van der Waals surface area contributed by atoms with Gasteiger partial charge in [-0.25, -0.2) is 19.3 Å². The van der Waals surface area contributed by atoms with Gasteiger partial charge in [-0.15, -0.1) is 10.2 Å². The lowest BCUT2D eigenvalue weighted by atomic mass is 9.64. The van der Waals surface area contributed by atoms with E-state index in [1.54, 1.807) is 20.0 Å². The molecule has 3 fully saturated rings. The molecule has 3 aliphatic rings. The Morgan fingerprint density at radius 2 is 2.00 bits per heavy atom. The molecule has 3 aromatic rings. The molecule has 2 aliphatic heterocycles. The van der Waals surface area contributed by atoms with Crippen LogP contribution in [0.25, 0.3) is 11.4 Å². The minimum Gasteiger partial charge on any atom is -0.423 e. The summed E-state index contributed by atoms with van der Waals surface area (Å²) in [4.78, 5) is 24.7. The molecule has 1 saturated carbocycles. The summed E-state index contributed by atoms with van der Waals surface area (Å²) in [6.45, 7) is 3.99. The van der Waals surface area contributed by atoms with Gasteiger partial charge >= 0.3 is 0 Å². The van der Waals surface area contributed by atoms with E-state index in [9.17, 15) is 9.18 Å². The van der Waals surface area contributed by atoms with Gasteiger partial charge < -0.3 is 14.6 Å². The van der Waals surface area contributed by atoms with Crippen molar-refractivity contribution < 1.29 is 13.6 Å². The zero-order valence-electron chi connectivity index (χ0n) is 17.9. The molecule has 32 heavy (non-hydrogen) atoms. The Balaban J connectivity index is 0.000000153. The Bertz CT molecular complexity index is 1110. The molecule has 3 atom stereocenters. The number of pyridine rings is 1. The number of hydrogen-bond donors (Lipinski definition) is 1. The summed E-state index contributed by atoms with van der Waals surface area (Å²) in [6.07, 6.45) is 7.61. The highest BCUT2D eigenvalue weighted by Gasteiger charge is 2.59. The smallest absolute Gasteiger partial charge is 0.242 e. The normalized spacial score (nSPS) is 23.6. The topological polar surface area (TPSA) is 110 Å². The number of carbonyl (C=O) groups is 1. The van der Waals surface area contributed by atoms with Crippen LogP contribution in [0.1, 0.15) is 38.0 Å². The summed E-state index contributed by atoms with van der Waals surface area (Å²) in [5, 5.41) is 11.3. The lowest BCUT2D eigenvalue weighted by molar-refractivity contribution is -0.165. The first-order valence-electron chi connectivity index (χ1n) is 10.2. The van der Waals surface area contributed by atoms with E-state index < -0.39 is 5.82 Å². The molecule has 3 aromatic heterocycles. The second-order valence-electron chi connectivity index (χ2n) is 8.10. The van der Waals surface area contributed by atoms with Gasteiger partial charge in [0.15, 0.2) is 11.6 Å². The number of aromatic nitrogens is 5. The van der Waals surface area contributed by atoms with Crippen LogP contribution in [-0.2, 0) is 10.3 Å². The third-order valence-corrected chi connectivity index (χ3v) is 6.13. The first-order valence-corrected chi connectivity index (χ1v) is 10.6. The second kappa shape index (κ2) is 8.78. The monoisotopic (exact) mass is 459 g/mol. The highest BCUT2D eigenvalue weighted by atomic mass is 35.5. The zero-order chi connectivity index (χ0) is 22.9. The molecule has 9 nitrogen and oxygen atoms in total. The van der Waals surface area contributed by atoms with Crippen molar-refractivity contribution in [1.82, 2.24) is 30.0 Å². The van der Waals surface area contributed by atoms with E-state index in [0.717, 1.165) is 38.1 Å². The summed E-state index contributed by atoms with van der Waals surface area (Å²) < 4.78 is 18.2. The largest absolute Gasteiger partial charge is 0.423 e. The summed E-state index contributed by atoms with van der Waals surface area (Å²) in [6, 6.07) is 2.07. The van der Waals surface area contributed by atoms with Crippen LogP contribution in [0.2, 0.25) is 5.02 Å². The van der Waals surface area contributed by atoms with Crippen LogP contribution >= 0.6 is 11.6 Å². The van der Waals surface area contributed by atoms with Crippen LogP contribution in [0.3, 0.4) is 0 Å². The van der Waals surface area contributed by atoms with Gasteiger partial charge in [-0.05, 0) is 24.8 Å². The number of hydrogen-bond acceptors (Lipinski definition) is 8. The van der Waals surface area contributed by atoms with E-state index >= 15 is 0 Å². The highest BCUT2D eigenvalue weighted by Crippen LogP contribution is 2.54. The first-order chi connectivity index (χ1) is 15.4. The van der Waals surface area contributed by atoms with Crippen molar-refractivity contribution in [3.8, 4) is 11.4 Å². The number of nitrogens with one attached hydrogen (secondary N) is 1. The Morgan fingerprint density at radius 1 is 1.25 bits per heavy atom. The fourth-order valence-corrected chi connectivity index (χ4v) is 4.68. The van der Waals surface area contributed by atoms with Gasteiger partial charge in [-0.1, -0.05) is 18.5 Å². The van der Waals surface area contributed by atoms with Crippen molar-refractivity contribution in [2.75, 3.05) is 12.4 Å². The maximum atomic E-state index is 12.7. The molecule has 2 saturated heterocycles. The van der Waals surface area contributed by atoms with Crippen LogP contribution in [0, 0.1) is 18.7 Å². The predicted molar refractivity (Wildman–Crippen MR) is 115 cm³/mol. The van der Waals surface area contributed by atoms with Crippen LogP contribution in [-0.4, -0.2) is 49.5 Å². The third kappa shape index (κ3) is 4.02. The number of nitrogens with zero attached hydrogens (tertiary/aromatic N) is 6. The van der Waals surface area contributed by atoms with Gasteiger partial charge in [0.05, 0.1) is 17.4 Å². The van der Waals surface area contributed by atoms with E-state index in [-0.39, 0.29) is 5.54 Å². The van der Waals surface area contributed by atoms with Crippen LogP contribution in [0.15, 0.2) is 29.1 Å². The predicted octanol–water partition coefficient (Wildman–Crippen LogP) is 3.61. The molecule has 5 heterocycles. The van der Waals surface area contributed by atoms with Gasteiger partial charge in [0.2, 0.25) is 18.2 Å². The maximum absolute atomic E-state index is 12.7. The zero-order valence-corrected chi connectivity index (χ0v) is 18.7. The molecule has 0 spiro atoms. The van der Waals surface area contributed by atoms with Crippen molar-refractivity contribution in [3.63, 3.8) is 0 Å². The fourth-order valence-electron chi connectivity index (χ4n) is 4.50. The molecule has 0 radical (unpaired) electrons. The van der Waals surface area contributed by atoms with E-state index in [0.29, 0.717) is 46.0 Å². The average molecular weight is 460 g/mol. The van der Waals surface area contributed by atoms with E-state index in [1.807, 2.05) is 4.90 Å². The molecule has 1 unspecified atom stereocenters. The molecule has 1 amide bonds. The van der Waals surface area contributed by atoms with Crippen molar-refractivity contribution >= 4 is 23.8 Å². The highest BCUT2D eigenvalue weighted by molar-refractivity contribution is 6.33.